The van der Waals surface area contributed by atoms with Crippen LogP contribution in [0.4, 0.5) is 5.69 Å². The van der Waals surface area contributed by atoms with Gasteiger partial charge in [0.05, 0.1) is 16.8 Å². The first-order valence-electron chi connectivity index (χ1n) is 9.79. The summed E-state index contributed by atoms with van der Waals surface area (Å²) in [6.07, 6.45) is 0. The molecule has 1 aromatic heterocycles. The van der Waals surface area contributed by atoms with Crippen LogP contribution in [-0.4, -0.2) is 10.9 Å². The monoisotopic (exact) mass is 380 g/mol. The van der Waals surface area contributed by atoms with E-state index in [0.717, 1.165) is 50.1 Å². The second kappa shape index (κ2) is 7.51. The Kier molecular flexibility index (Phi) is 4.89. The number of benzene rings is 3. The van der Waals surface area contributed by atoms with Crippen molar-refractivity contribution in [3.8, 4) is 11.3 Å². The van der Waals surface area contributed by atoms with E-state index < -0.39 is 0 Å². The van der Waals surface area contributed by atoms with Gasteiger partial charge in [0.15, 0.2) is 0 Å². The molecule has 0 aliphatic heterocycles. The van der Waals surface area contributed by atoms with Crippen LogP contribution in [0.5, 0.6) is 0 Å². The van der Waals surface area contributed by atoms with Gasteiger partial charge >= 0.3 is 0 Å². The molecule has 0 radical (unpaired) electrons. The van der Waals surface area contributed by atoms with Crippen LogP contribution in [0.25, 0.3) is 22.2 Å². The molecule has 4 rings (SSSR count). The van der Waals surface area contributed by atoms with Gasteiger partial charge in [0.2, 0.25) is 0 Å². The Balaban J connectivity index is 1.97. The number of aryl methyl sites for hydroxylation is 3. The summed E-state index contributed by atoms with van der Waals surface area (Å²) in [6, 6.07) is 22.1. The summed E-state index contributed by atoms with van der Waals surface area (Å²) in [7, 11) is 0. The number of nitrogens with one attached hydrogen (secondary N) is 1. The van der Waals surface area contributed by atoms with Crippen LogP contribution in [0.3, 0.4) is 0 Å². The second-order valence-corrected chi connectivity index (χ2v) is 7.57. The Morgan fingerprint density at radius 1 is 0.828 bits per heavy atom. The molecule has 0 aliphatic rings. The zero-order chi connectivity index (χ0) is 20.5. The minimum absolute atomic E-state index is 0.105. The molecule has 4 aromatic rings. The fourth-order valence-electron chi connectivity index (χ4n) is 3.88. The van der Waals surface area contributed by atoms with Crippen molar-refractivity contribution in [3.05, 3.63) is 94.5 Å². The lowest BCUT2D eigenvalue weighted by Gasteiger charge is -2.17. The minimum Gasteiger partial charge on any atom is -0.322 e. The molecule has 144 valence electrons. The van der Waals surface area contributed by atoms with Gasteiger partial charge in [-0.3, -0.25) is 4.79 Å². The highest BCUT2D eigenvalue weighted by atomic mass is 16.1. The van der Waals surface area contributed by atoms with Gasteiger partial charge in [-0.2, -0.15) is 0 Å². The molecule has 0 aliphatic carbocycles. The molecular formula is C26H24N2O. The van der Waals surface area contributed by atoms with Gasteiger partial charge in [-0.25, -0.2) is 4.98 Å². The number of aromatic nitrogens is 1. The second-order valence-electron chi connectivity index (χ2n) is 7.57. The summed E-state index contributed by atoms with van der Waals surface area (Å²) in [5, 5.41) is 4.00. The maximum atomic E-state index is 13.5. The van der Waals surface area contributed by atoms with Gasteiger partial charge in [0.25, 0.3) is 5.91 Å². The number of para-hydroxylation sites is 1. The third kappa shape index (κ3) is 3.52. The quantitative estimate of drug-likeness (QED) is 0.447. The Labute approximate surface area is 171 Å². The number of fused-ring (bicyclic) bond motifs is 1. The average molecular weight is 380 g/mol. The van der Waals surface area contributed by atoms with E-state index >= 15 is 0 Å². The zero-order valence-corrected chi connectivity index (χ0v) is 17.2. The normalized spacial score (nSPS) is 10.9. The van der Waals surface area contributed by atoms with Crippen molar-refractivity contribution in [1.82, 2.24) is 4.98 Å². The van der Waals surface area contributed by atoms with Crippen molar-refractivity contribution in [2.24, 2.45) is 0 Å². The summed E-state index contributed by atoms with van der Waals surface area (Å²) < 4.78 is 0. The largest absolute Gasteiger partial charge is 0.322 e. The molecule has 0 unspecified atom stereocenters. The highest BCUT2D eigenvalue weighted by molar-refractivity contribution is 6.15. The maximum Gasteiger partial charge on any atom is 0.256 e. The van der Waals surface area contributed by atoms with Crippen molar-refractivity contribution >= 4 is 22.5 Å². The molecule has 0 bridgehead atoms. The van der Waals surface area contributed by atoms with E-state index in [0.29, 0.717) is 5.56 Å². The smallest absolute Gasteiger partial charge is 0.256 e. The van der Waals surface area contributed by atoms with E-state index in [1.165, 1.54) is 0 Å². The summed E-state index contributed by atoms with van der Waals surface area (Å²) in [5.74, 6) is -0.105. The minimum atomic E-state index is -0.105. The van der Waals surface area contributed by atoms with Crippen LogP contribution in [0.15, 0.2) is 66.7 Å². The molecular weight excluding hydrogens is 356 g/mol. The molecule has 1 amide bonds. The Morgan fingerprint density at radius 2 is 1.52 bits per heavy atom. The Morgan fingerprint density at radius 3 is 2.24 bits per heavy atom. The first-order chi connectivity index (χ1) is 14.0. The number of nitrogens with zero attached hydrogens (tertiary/aromatic N) is 1. The molecule has 1 N–H and O–H groups in total. The lowest BCUT2D eigenvalue weighted by Crippen LogP contribution is -2.16. The van der Waals surface area contributed by atoms with Crippen LogP contribution in [-0.2, 0) is 0 Å². The fourth-order valence-corrected chi connectivity index (χ4v) is 3.88. The summed E-state index contributed by atoms with van der Waals surface area (Å²) >= 11 is 0. The summed E-state index contributed by atoms with van der Waals surface area (Å²) in [4.78, 5) is 18.4. The van der Waals surface area contributed by atoms with Gasteiger partial charge in [-0.1, -0.05) is 60.2 Å². The predicted octanol–water partition coefficient (Wildman–Crippen LogP) is 6.39. The molecule has 0 atom stereocenters. The molecule has 3 aromatic carbocycles. The van der Waals surface area contributed by atoms with E-state index in [1.807, 2.05) is 68.4 Å². The molecule has 0 spiro atoms. The molecule has 0 saturated heterocycles. The lowest BCUT2D eigenvalue weighted by molar-refractivity contribution is 0.102. The first-order valence-corrected chi connectivity index (χ1v) is 9.79. The number of hydrogen-bond acceptors (Lipinski definition) is 2. The summed E-state index contributed by atoms with van der Waals surface area (Å²) in [6.45, 7) is 8.08. The average Bonchev–Trinajstić information content (AvgIpc) is 2.70. The molecule has 29 heavy (non-hydrogen) atoms. The number of carbonyl (C=O) groups excluding carboxylic acids is 1. The highest BCUT2D eigenvalue weighted by Crippen LogP contribution is 2.32. The van der Waals surface area contributed by atoms with Crippen LogP contribution in [0.2, 0.25) is 0 Å². The van der Waals surface area contributed by atoms with E-state index in [4.69, 9.17) is 4.98 Å². The van der Waals surface area contributed by atoms with Gasteiger partial charge in [0.1, 0.15) is 0 Å². The van der Waals surface area contributed by atoms with Crippen molar-refractivity contribution < 1.29 is 4.79 Å². The molecule has 1 heterocycles. The van der Waals surface area contributed by atoms with Crippen molar-refractivity contribution in [3.63, 3.8) is 0 Å². The Bertz CT molecular complexity index is 1230. The SMILES string of the molecule is Cc1cc(C)c2nc(-c3ccccc3)c(C)c(C(=O)Nc3ccccc3C)c2c1. The van der Waals surface area contributed by atoms with E-state index in [9.17, 15) is 4.79 Å². The number of carbonyl (C=O) groups is 1. The molecule has 3 heteroatoms. The molecule has 0 fully saturated rings. The third-order valence-electron chi connectivity index (χ3n) is 5.34. The lowest BCUT2D eigenvalue weighted by atomic mass is 9.94. The highest BCUT2D eigenvalue weighted by Gasteiger charge is 2.20. The number of anilines is 1. The standard InChI is InChI=1S/C26H24N2O/c1-16-14-18(3)24-21(15-16)23(26(29)27-22-13-9-8-10-17(22)2)19(4)25(28-24)20-11-6-5-7-12-20/h5-15H,1-4H3,(H,27,29). The number of rotatable bonds is 3. The van der Waals surface area contributed by atoms with Crippen molar-refractivity contribution in [1.29, 1.82) is 0 Å². The van der Waals surface area contributed by atoms with Crippen LogP contribution >= 0.6 is 0 Å². The van der Waals surface area contributed by atoms with Crippen molar-refractivity contribution in [2.75, 3.05) is 5.32 Å². The fraction of sp³-hybridized carbons (Fsp3) is 0.154. The van der Waals surface area contributed by atoms with Crippen LogP contribution < -0.4 is 5.32 Å². The molecule has 3 nitrogen and oxygen atoms in total. The number of amides is 1. The van der Waals surface area contributed by atoms with Crippen LogP contribution in [0, 0.1) is 27.7 Å². The maximum absolute atomic E-state index is 13.5. The zero-order valence-electron chi connectivity index (χ0n) is 17.2. The van der Waals surface area contributed by atoms with E-state index in [2.05, 4.69) is 31.3 Å². The van der Waals surface area contributed by atoms with Gasteiger partial charge in [-0.05, 0) is 56.5 Å². The Hall–Kier alpha value is -3.46. The predicted molar refractivity (Wildman–Crippen MR) is 121 cm³/mol. The first kappa shape index (κ1) is 18.9. The van der Waals surface area contributed by atoms with Gasteiger partial charge in [-0.15, -0.1) is 0 Å². The third-order valence-corrected chi connectivity index (χ3v) is 5.34. The van der Waals surface area contributed by atoms with Gasteiger partial charge in [0, 0.05) is 16.6 Å². The van der Waals surface area contributed by atoms with E-state index in [-0.39, 0.29) is 5.91 Å². The van der Waals surface area contributed by atoms with Crippen molar-refractivity contribution in [2.45, 2.75) is 27.7 Å². The van der Waals surface area contributed by atoms with Gasteiger partial charge < -0.3 is 5.32 Å². The van der Waals surface area contributed by atoms with E-state index in [1.54, 1.807) is 0 Å². The number of pyridine rings is 1. The molecule has 0 saturated carbocycles. The topological polar surface area (TPSA) is 42.0 Å². The number of hydrogen-bond donors (Lipinski definition) is 1. The van der Waals surface area contributed by atoms with Crippen LogP contribution in [0.1, 0.15) is 32.6 Å². The summed E-state index contributed by atoms with van der Waals surface area (Å²) in [5.41, 5.74) is 8.35.